The Balaban J connectivity index is 1.45. The van der Waals surface area contributed by atoms with Gasteiger partial charge in [0.25, 0.3) is 0 Å². The molecule has 1 aliphatic carbocycles. The molecule has 6 heteroatoms. The van der Waals surface area contributed by atoms with E-state index in [4.69, 9.17) is 14.7 Å². The molecule has 1 fully saturated rings. The maximum atomic E-state index is 12.6. The quantitative estimate of drug-likeness (QED) is 0.265. The van der Waals surface area contributed by atoms with Gasteiger partial charge >= 0.3 is 5.97 Å². The van der Waals surface area contributed by atoms with Gasteiger partial charge in [-0.05, 0) is 48.6 Å². The fourth-order valence-corrected chi connectivity index (χ4v) is 4.50. The summed E-state index contributed by atoms with van der Waals surface area (Å²) in [7, 11) is 0. The van der Waals surface area contributed by atoms with Gasteiger partial charge in [-0.3, -0.25) is 14.8 Å². The average Bonchev–Trinajstić information content (AvgIpc) is 3.61. The Bertz CT molecular complexity index is 1060. The van der Waals surface area contributed by atoms with Crippen LogP contribution in [0.3, 0.4) is 0 Å². The van der Waals surface area contributed by atoms with Gasteiger partial charge in [-0.25, -0.2) is 5.48 Å². The molecule has 34 heavy (non-hydrogen) atoms. The summed E-state index contributed by atoms with van der Waals surface area (Å²) in [4.78, 5) is 24.5. The van der Waals surface area contributed by atoms with Gasteiger partial charge in [-0.2, -0.15) is 0 Å². The number of hydroxylamine groups is 1. The third-order valence-electron chi connectivity index (χ3n) is 6.45. The van der Waals surface area contributed by atoms with Gasteiger partial charge in [-0.1, -0.05) is 72.8 Å². The van der Waals surface area contributed by atoms with E-state index in [9.17, 15) is 9.59 Å². The molecule has 1 aliphatic rings. The number of nitrogens with one attached hydrogen (secondary N) is 1. The lowest BCUT2D eigenvalue weighted by Crippen LogP contribution is -2.30. The Morgan fingerprint density at radius 2 is 1.56 bits per heavy atom. The number of carbonyl (C=O) groups is 2. The molecule has 1 saturated carbocycles. The smallest absolute Gasteiger partial charge is 0.313 e. The molecule has 0 aromatic heterocycles. The van der Waals surface area contributed by atoms with Gasteiger partial charge in [0.1, 0.15) is 5.75 Å². The summed E-state index contributed by atoms with van der Waals surface area (Å²) in [6.07, 6.45) is 0.715. The Morgan fingerprint density at radius 1 is 0.971 bits per heavy atom. The Hall–Kier alpha value is -3.64. The van der Waals surface area contributed by atoms with Crippen LogP contribution in [0.2, 0.25) is 0 Å². The fraction of sp³-hybridized carbons (Fsp3) is 0.286. The molecule has 0 saturated heterocycles. The minimum atomic E-state index is -0.934. The topological polar surface area (TPSA) is 84.9 Å². The first-order valence-electron chi connectivity index (χ1n) is 11.5. The van der Waals surface area contributed by atoms with Crippen molar-refractivity contribution in [2.45, 2.75) is 25.7 Å². The van der Waals surface area contributed by atoms with Crippen molar-refractivity contribution in [3.8, 4) is 5.75 Å². The molecule has 0 heterocycles. The van der Waals surface area contributed by atoms with Crippen molar-refractivity contribution in [3.63, 3.8) is 0 Å². The Kier molecular flexibility index (Phi) is 7.28. The van der Waals surface area contributed by atoms with Gasteiger partial charge in [0.15, 0.2) is 0 Å². The van der Waals surface area contributed by atoms with E-state index in [1.54, 1.807) is 12.4 Å². The number of hydrogen-bond donors (Lipinski definition) is 2. The van der Waals surface area contributed by atoms with Gasteiger partial charge < -0.3 is 9.47 Å². The minimum absolute atomic E-state index is 0.0957. The van der Waals surface area contributed by atoms with Crippen LogP contribution in [-0.4, -0.2) is 30.3 Å². The van der Waals surface area contributed by atoms with Crippen LogP contribution in [0.1, 0.15) is 36.0 Å². The van der Waals surface area contributed by atoms with Gasteiger partial charge in [0.2, 0.25) is 5.91 Å². The number of hydrogen-bond acceptors (Lipinski definition) is 5. The third-order valence-corrected chi connectivity index (χ3v) is 6.45. The molecule has 4 rings (SSSR count). The Morgan fingerprint density at radius 3 is 2.09 bits per heavy atom. The largest absolute Gasteiger partial charge is 0.493 e. The highest BCUT2D eigenvalue weighted by Crippen LogP contribution is 2.56. The van der Waals surface area contributed by atoms with Crippen molar-refractivity contribution >= 4 is 11.9 Å². The minimum Gasteiger partial charge on any atom is -0.493 e. The third kappa shape index (κ3) is 5.13. The zero-order valence-corrected chi connectivity index (χ0v) is 19.1. The first kappa shape index (κ1) is 23.5. The van der Waals surface area contributed by atoms with Gasteiger partial charge in [0.05, 0.1) is 24.5 Å². The standard InChI is InChI=1S/C28H29NO5/c1-2-33-27(31)28(18-25(28)26(30)29-32)17-20-13-15-23(16-14-20)34-19-24(21-9-5-3-6-10-21)22-11-7-4-8-12-22/h3-16,24-25,32H,2,17-19H2,1H3,(H,29,30). The summed E-state index contributed by atoms with van der Waals surface area (Å²) >= 11 is 0. The summed E-state index contributed by atoms with van der Waals surface area (Å²) in [5.41, 5.74) is 3.99. The van der Waals surface area contributed by atoms with Gasteiger partial charge in [-0.15, -0.1) is 0 Å². The Labute approximate surface area is 199 Å². The number of rotatable bonds is 10. The van der Waals surface area contributed by atoms with Crippen LogP contribution in [0.15, 0.2) is 84.9 Å². The van der Waals surface area contributed by atoms with Gasteiger partial charge in [0, 0.05) is 5.92 Å². The molecule has 0 radical (unpaired) electrons. The molecule has 2 unspecified atom stereocenters. The van der Waals surface area contributed by atoms with E-state index in [1.807, 2.05) is 60.7 Å². The van der Waals surface area contributed by atoms with E-state index in [0.29, 0.717) is 19.4 Å². The zero-order chi connectivity index (χ0) is 24.0. The summed E-state index contributed by atoms with van der Waals surface area (Å²) in [5, 5.41) is 8.99. The number of benzene rings is 3. The molecule has 176 valence electrons. The molecule has 0 bridgehead atoms. The molecule has 3 aromatic rings. The highest BCUT2D eigenvalue weighted by Gasteiger charge is 2.64. The van der Waals surface area contributed by atoms with E-state index in [0.717, 1.165) is 11.3 Å². The van der Waals surface area contributed by atoms with E-state index < -0.39 is 23.2 Å². The van der Waals surface area contributed by atoms with Crippen LogP contribution in [0.4, 0.5) is 0 Å². The zero-order valence-electron chi connectivity index (χ0n) is 19.1. The fourth-order valence-electron chi connectivity index (χ4n) is 4.50. The first-order chi connectivity index (χ1) is 16.6. The van der Waals surface area contributed by atoms with Crippen molar-refractivity contribution in [1.29, 1.82) is 0 Å². The summed E-state index contributed by atoms with van der Waals surface area (Å²) < 4.78 is 11.4. The summed E-state index contributed by atoms with van der Waals surface area (Å²) in [6.45, 7) is 2.46. The SMILES string of the molecule is CCOC(=O)C1(Cc2ccc(OCC(c3ccccc3)c3ccccc3)cc2)CC1C(=O)NO. The molecule has 3 aromatic carbocycles. The molecular formula is C28H29NO5. The van der Waals surface area contributed by atoms with Crippen molar-refractivity contribution in [2.75, 3.05) is 13.2 Å². The number of ether oxygens (including phenoxy) is 2. The summed E-state index contributed by atoms with van der Waals surface area (Å²) in [5.74, 6) is -0.729. The molecular weight excluding hydrogens is 430 g/mol. The lowest BCUT2D eigenvalue weighted by Gasteiger charge is -2.19. The lowest BCUT2D eigenvalue weighted by molar-refractivity contribution is -0.152. The van der Waals surface area contributed by atoms with Crippen molar-refractivity contribution in [3.05, 3.63) is 102 Å². The second kappa shape index (κ2) is 10.5. The van der Waals surface area contributed by atoms with Crippen LogP contribution in [0.25, 0.3) is 0 Å². The van der Waals surface area contributed by atoms with Crippen LogP contribution >= 0.6 is 0 Å². The van der Waals surface area contributed by atoms with Crippen LogP contribution in [0.5, 0.6) is 5.75 Å². The van der Waals surface area contributed by atoms with Crippen LogP contribution < -0.4 is 10.2 Å². The van der Waals surface area contributed by atoms with Crippen LogP contribution in [0, 0.1) is 11.3 Å². The predicted molar refractivity (Wildman–Crippen MR) is 127 cm³/mol. The molecule has 2 N–H and O–H groups in total. The van der Waals surface area contributed by atoms with E-state index in [1.165, 1.54) is 11.1 Å². The highest BCUT2D eigenvalue weighted by molar-refractivity contribution is 5.93. The monoisotopic (exact) mass is 459 g/mol. The maximum Gasteiger partial charge on any atom is 0.313 e. The normalized spacial score (nSPS) is 18.9. The molecule has 2 atom stereocenters. The van der Waals surface area contributed by atoms with Crippen molar-refractivity contribution in [2.24, 2.45) is 11.3 Å². The van der Waals surface area contributed by atoms with E-state index in [-0.39, 0.29) is 12.5 Å². The van der Waals surface area contributed by atoms with Crippen molar-refractivity contribution in [1.82, 2.24) is 5.48 Å². The first-order valence-corrected chi connectivity index (χ1v) is 11.5. The van der Waals surface area contributed by atoms with E-state index in [2.05, 4.69) is 24.3 Å². The predicted octanol–water partition coefficient (Wildman–Crippen LogP) is 4.51. The molecule has 1 amide bonds. The number of esters is 1. The highest BCUT2D eigenvalue weighted by atomic mass is 16.5. The summed E-state index contributed by atoms with van der Waals surface area (Å²) in [6, 6.07) is 28.1. The molecule has 0 spiro atoms. The number of amides is 1. The second-order valence-corrected chi connectivity index (χ2v) is 8.62. The van der Waals surface area contributed by atoms with E-state index >= 15 is 0 Å². The average molecular weight is 460 g/mol. The molecule has 6 nitrogen and oxygen atoms in total. The molecule has 0 aliphatic heterocycles. The lowest BCUT2D eigenvalue weighted by atomic mass is 9.92. The van der Waals surface area contributed by atoms with Crippen molar-refractivity contribution < 1.29 is 24.3 Å². The maximum absolute atomic E-state index is 12.6. The second-order valence-electron chi connectivity index (χ2n) is 8.62. The van der Waals surface area contributed by atoms with Crippen LogP contribution in [-0.2, 0) is 20.7 Å². The number of carbonyl (C=O) groups excluding carboxylic acids is 2.